The molecule has 0 radical (unpaired) electrons. The van der Waals surface area contributed by atoms with Gasteiger partial charge in [0.2, 0.25) is 0 Å². The Morgan fingerprint density at radius 1 is 1.14 bits per heavy atom. The minimum atomic E-state index is -4.55. The Morgan fingerprint density at radius 3 is 2.32 bits per heavy atom. The second-order valence-electron chi connectivity index (χ2n) is 10.4. The molecule has 1 saturated heterocycles. The Bertz CT molecular complexity index is 1250. The van der Waals surface area contributed by atoms with Crippen LogP contribution in [-0.4, -0.2) is 91.5 Å². The standard InChI is InChI=1S/C31H43ClF3N7O2/c1-7-10-12-23(11-8-2)20-37-22-38-27(9-3)28(40-15-17-41(18-16-40)30(44)39(5)6)29(43)42(36-4)21-24-13-14-25(19-26(24)32)31(33,34)35/h7,12-14,19,22H,1,4,8-11,15-18,20-21H2,2-3,5-6H3,(H,37,38)/b23-12+,28-27+. The van der Waals surface area contributed by atoms with Gasteiger partial charge in [0, 0.05) is 57.7 Å². The van der Waals surface area contributed by atoms with Gasteiger partial charge in [0.1, 0.15) is 5.70 Å². The van der Waals surface area contributed by atoms with Crippen molar-refractivity contribution in [2.75, 3.05) is 46.8 Å². The van der Waals surface area contributed by atoms with E-state index in [0.717, 1.165) is 36.4 Å². The van der Waals surface area contributed by atoms with Crippen LogP contribution in [0.4, 0.5) is 18.0 Å². The molecule has 0 unspecified atom stereocenters. The highest BCUT2D eigenvalue weighted by atomic mass is 35.5. The molecule has 1 aromatic rings. The summed E-state index contributed by atoms with van der Waals surface area (Å²) in [5, 5.41) is 8.02. The van der Waals surface area contributed by atoms with Gasteiger partial charge in [-0.1, -0.05) is 55.7 Å². The first kappa shape index (κ1) is 36.4. The number of rotatable bonds is 14. The number of allylic oxidation sites excluding steroid dienone is 3. The van der Waals surface area contributed by atoms with E-state index in [1.54, 1.807) is 25.3 Å². The van der Waals surface area contributed by atoms with Gasteiger partial charge in [-0.2, -0.15) is 18.3 Å². The third-order valence-electron chi connectivity index (χ3n) is 6.97. The van der Waals surface area contributed by atoms with Crippen LogP contribution in [0.25, 0.3) is 0 Å². The van der Waals surface area contributed by atoms with Crippen molar-refractivity contribution in [3.63, 3.8) is 0 Å². The lowest BCUT2D eigenvalue weighted by molar-refractivity contribution is -0.137. The summed E-state index contributed by atoms with van der Waals surface area (Å²) in [7, 11) is 3.36. The number of alkyl halides is 3. The van der Waals surface area contributed by atoms with E-state index in [-0.39, 0.29) is 23.2 Å². The Balaban J connectivity index is 2.41. The summed E-state index contributed by atoms with van der Waals surface area (Å²) >= 11 is 6.19. The monoisotopic (exact) mass is 637 g/mol. The summed E-state index contributed by atoms with van der Waals surface area (Å²) in [6.45, 7) is 13.1. The van der Waals surface area contributed by atoms with Crippen molar-refractivity contribution >= 4 is 36.6 Å². The fraction of sp³-hybridized carbons (Fsp3) is 0.484. The molecule has 1 aromatic carbocycles. The Hall–Kier alpha value is -3.80. The second kappa shape index (κ2) is 17.5. The zero-order valence-corrected chi connectivity index (χ0v) is 26.7. The van der Waals surface area contributed by atoms with E-state index in [1.807, 2.05) is 17.9 Å². The summed E-state index contributed by atoms with van der Waals surface area (Å²) in [6, 6.07) is 2.84. The normalized spacial score (nSPS) is 14.8. The van der Waals surface area contributed by atoms with Crippen molar-refractivity contribution in [2.45, 2.75) is 52.3 Å². The largest absolute Gasteiger partial charge is 0.416 e. The number of benzene rings is 1. The highest BCUT2D eigenvalue weighted by Gasteiger charge is 2.33. The van der Waals surface area contributed by atoms with Crippen molar-refractivity contribution in [1.82, 2.24) is 25.0 Å². The Kier molecular flexibility index (Phi) is 14.5. The topological polar surface area (TPSA) is 83.9 Å². The minimum absolute atomic E-state index is 0.124. The van der Waals surface area contributed by atoms with Crippen LogP contribution in [-0.2, 0) is 17.5 Å². The van der Waals surface area contributed by atoms with Gasteiger partial charge < -0.3 is 20.0 Å². The van der Waals surface area contributed by atoms with E-state index in [9.17, 15) is 22.8 Å². The molecule has 3 amide bonds. The number of halogens is 4. The molecule has 0 spiro atoms. The molecule has 0 aliphatic carbocycles. The first-order valence-electron chi connectivity index (χ1n) is 14.5. The van der Waals surface area contributed by atoms with E-state index < -0.39 is 17.6 Å². The highest BCUT2D eigenvalue weighted by Crippen LogP contribution is 2.32. The van der Waals surface area contributed by atoms with E-state index in [2.05, 4.69) is 41.7 Å². The third-order valence-corrected chi connectivity index (χ3v) is 7.32. The van der Waals surface area contributed by atoms with Gasteiger partial charge in [-0.25, -0.2) is 9.80 Å². The number of amides is 3. The van der Waals surface area contributed by atoms with Crippen LogP contribution in [0.5, 0.6) is 0 Å². The number of carbonyl (C=O) groups is 2. The van der Waals surface area contributed by atoms with Crippen LogP contribution in [0, 0.1) is 0 Å². The number of hydrogen-bond acceptors (Lipinski definition) is 5. The summed E-state index contributed by atoms with van der Waals surface area (Å²) in [5.41, 5.74) is 1.46. The highest BCUT2D eigenvalue weighted by molar-refractivity contribution is 6.31. The number of nitrogens with zero attached hydrogens (tertiary/aromatic N) is 6. The van der Waals surface area contributed by atoms with Crippen molar-refractivity contribution in [2.24, 2.45) is 10.1 Å². The molecule has 9 nitrogen and oxygen atoms in total. The van der Waals surface area contributed by atoms with Crippen molar-refractivity contribution in [3.05, 3.63) is 70.0 Å². The number of piperazine rings is 1. The SMILES string of the molecule is C=CC/C=C(\CCC)CN=CN/C(CC)=C(\C(=O)N(Cc1ccc(C(F)(F)F)cc1Cl)N=C)N1CCN(C(=O)N(C)C)CC1. The number of urea groups is 1. The van der Waals surface area contributed by atoms with Crippen molar-refractivity contribution in [3.8, 4) is 0 Å². The quantitative estimate of drug-likeness (QED) is 0.0873. The summed E-state index contributed by atoms with van der Waals surface area (Å²) < 4.78 is 39.5. The van der Waals surface area contributed by atoms with E-state index >= 15 is 0 Å². The van der Waals surface area contributed by atoms with Gasteiger partial charge in [-0.05, 0) is 37.0 Å². The molecule has 44 heavy (non-hydrogen) atoms. The molecule has 0 saturated carbocycles. The Morgan fingerprint density at radius 2 is 1.80 bits per heavy atom. The maximum atomic E-state index is 14.1. The van der Waals surface area contributed by atoms with Crippen molar-refractivity contribution < 1.29 is 22.8 Å². The average Bonchev–Trinajstić information content (AvgIpc) is 2.99. The molecule has 2 rings (SSSR count). The van der Waals surface area contributed by atoms with Gasteiger partial charge in [0.25, 0.3) is 5.91 Å². The zero-order valence-electron chi connectivity index (χ0n) is 26.0. The lowest BCUT2D eigenvalue weighted by Crippen LogP contribution is -2.53. The molecule has 1 N–H and O–H groups in total. The smallest absolute Gasteiger partial charge is 0.362 e. The molecule has 0 atom stereocenters. The molecular formula is C31H43ClF3N7O2. The van der Waals surface area contributed by atoms with Crippen LogP contribution < -0.4 is 5.32 Å². The summed E-state index contributed by atoms with van der Waals surface area (Å²) in [4.78, 5) is 36.2. The van der Waals surface area contributed by atoms with E-state index in [0.29, 0.717) is 50.5 Å². The van der Waals surface area contributed by atoms with Gasteiger partial charge in [-0.15, -0.1) is 6.58 Å². The third kappa shape index (κ3) is 10.4. The van der Waals surface area contributed by atoms with E-state index in [1.165, 1.54) is 16.5 Å². The molecule has 0 bridgehead atoms. The van der Waals surface area contributed by atoms with Gasteiger partial charge in [-0.3, -0.25) is 9.79 Å². The predicted molar refractivity (Wildman–Crippen MR) is 170 cm³/mol. The zero-order chi connectivity index (χ0) is 32.9. The van der Waals surface area contributed by atoms with Crippen LogP contribution in [0.1, 0.15) is 50.7 Å². The molecule has 1 aliphatic heterocycles. The molecule has 1 heterocycles. The van der Waals surface area contributed by atoms with E-state index in [4.69, 9.17) is 11.6 Å². The predicted octanol–water partition coefficient (Wildman–Crippen LogP) is 6.14. The average molecular weight is 638 g/mol. The number of carbonyl (C=O) groups excluding carboxylic acids is 2. The maximum Gasteiger partial charge on any atom is 0.416 e. The first-order valence-corrected chi connectivity index (χ1v) is 14.9. The minimum Gasteiger partial charge on any atom is -0.362 e. The molecule has 1 aliphatic rings. The second-order valence-corrected chi connectivity index (χ2v) is 10.8. The molecule has 242 valence electrons. The van der Waals surface area contributed by atoms with Crippen LogP contribution in [0.15, 0.2) is 64.0 Å². The molecular weight excluding hydrogens is 595 g/mol. The molecule has 13 heteroatoms. The van der Waals surface area contributed by atoms with Crippen LogP contribution >= 0.6 is 11.6 Å². The number of aliphatic imine (C=N–C) groups is 1. The summed E-state index contributed by atoms with van der Waals surface area (Å²) in [6.07, 6.45) is 4.03. The number of hydrogen-bond donors (Lipinski definition) is 1. The van der Waals surface area contributed by atoms with Gasteiger partial charge >= 0.3 is 12.2 Å². The maximum absolute atomic E-state index is 14.1. The van der Waals surface area contributed by atoms with Gasteiger partial charge in [0.15, 0.2) is 0 Å². The first-order chi connectivity index (χ1) is 20.9. The summed E-state index contributed by atoms with van der Waals surface area (Å²) in [5.74, 6) is -0.515. The molecule has 0 aromatic heterocycles. The number of nitrogens with one attached hydrogen (secondary N) is 1. The molecule has 1 fully saturated rings. The fourth-order valence-electron chi connectivity index (χ4n) is 4.62. The van der Waals surface area contributed by atoms with Gasteiger partial charge in [0.05, 0.1) is 25.0 Å². The van der Waals surface area contributed by atoms with Crippen molar-refractivity contribution in [1.29, 1.82) is 0 Å². The number of hydrazone groups is 1. The van der Waals surface area contributed by atoms with Crippen LogP contribution in [0.3, 0.4) is 0 Å². The van der Waals surface area contributed by atoms with Crippen LogP contribution in [0.2, 0.25) is 5.02 Å². The fourth-order valence-corrected chi connectivity index (χ4v) is 4.86. The lowest BCUT2D eigenvalue weighted by atomic mass is 10.1. The Labute approximate surface area is 263 Å². The lowest BCUT2D eigenvalue weighted by Gasteiger charge is -2.39.